The zero-order valence-electron chi connectivity index (χ0n) is 17.0. The van der Waals surface area contributed by atoms with Crippen LogP contribution in [-0.4, -0.2) is 34.1 Å². The molecular formula is C20H29F2N3OSi. The number of carbonyl (C=O) groups is 1. The number of fused-ring (bicyclic) bond motifs is 1. The highest BCUT2D eigenvalue weighted by molar-refractivity contribution is 6.82. The normalized spacial score (nSPS) is 17.9. The predicted octanol–water partition coefficient (Wildman–Crippen LogP) is 5.68. The number of hydrogen-bond donors (Lipinski definition) is 0. The molecule has 27 heavy (non-hydrogen) atoms. The fraction of sp³-hybridized carbons (Fsp3) is 0.650. The summed E-state index contributed by atoms with van der Waals surface area (Å²) >= 11 is 0. The molecule has 0 aliphatic heterocycles. The van der Waals surface area contributed by atoms with Gasteiger partial charge in [-0.05, 0) is 28.9 Å². The summed E-state index contributed by atoms with van der Waals surface area (Å²) in [5.74, 6) is -3.66. The van der Waals surface area contributed by atoms with Gasteiger partial charge < -0.3 is 4.23 Å². The number of ketones is 1. The van der Waals surface area contributed by atoms with E-state index in [0.717, 1.165) is 5.65 Å². The molecule has 0 bridgehead atoms. The van der Waals surface area contributed by atoms with Gasteiger partial charge in [-0.25, -0.2) is 18.7 Å². The lowest BCUT2D eigenvalue weighted by Crippen LogP contribution is -2.51. The van der Waals surface area contributed by atoms with E-state index in [1.807, 2.05) is 6.07 Å². The van der Waals surface area contributed by atoms with Crippen molar-refractivity contribution in [3.63, 3.8) is 0 Å². The van der Waals surface area contributed by atoms with Crippen molar-refractivity contribution in [3.8, 4) is 0 Å². The molecular weight excluding hydrogens is 364 g/mol. The molecule has 0 N–H and O–H groups in total. The molecule has 0 saturated heterocycles. The third-order valence-corrected chi connectivity index (χ3v) is 13.0. The summed E-state index contributed by atoms with van der Waals surface area (Å²) < 4.78 is 28.5. The van der Waals surface area contributed by atoms with Crippen LogP contribution in [0, 0.1) is 5.92 Å². The van der Waals surface area contributed by atoms with Crippen molar-refractivity contribution in [2.24, 2.45) is 5.92 Å². The van der Waals surface area contributed by atoms with Crippen molar-refractivity contribution in [2.75, 3.05) is 0 Å². The Hall–Kier alpha value is -1.63. The first-order chi connectivity index (χ1) is 12.5. The van der Waals surface area contributed by atoms with E-state index in [-0.39, 0.29) is 24.3 Å². The second kappa shape index (κ2) is 6.76. The first kappa shape index (κ1) is 20.1. The van der Waals surface area contributed by atoms with Crippen LogP contribution in [0.4, 0.5) is 8.78 Å². The average molecular weight is 394 g/mol. The number of rotatable bonds is 6. The molecule has 1 aliphatic carbocycles. The molecule has 2 aromatic heterocycles. The monoisotopic (exact) mass is 393 g/mol. The van der Waals surface area contributed by atoms with Gasteiger partial charge in [-0.1, -0.05) is 41.5 Å². The summed E-state index contributed by atoms with van der Waals surface area (Å²) in [7, 11) is -1.97. The van der Waals surface area contributed by atoms with Gasteiger partial charge in [0.1, 0.15) is 11.2 Å². The van der Waals surface area contributed by atoms with Gasteiger partial charge in [0.15, 0.2) is 19.7 Å². The Bertz CT molecular complexity index is 830. The summed E-state index contributed by atoms with van der Waals surface area (Å²) in [4.78, 5) is 21.5. The first-order valence-corrected chi connectivity index (χ1v) is 11.9. The maximum absolute atomic E-state index is 13.1. The van der Waals surface area contributed by atoms with Crippen LogP contribution in [-0.2, 0) is 0 Å². The Balaban J connectivity index is 2.02. The summed E-state index contributed by atoms with van der Waals surface area (Å²) in [6.07, 6.45) is 2.77. The van der Waals surface area contributed by atoms with Crippen molar-refractivity contribution in [1.82, 2.24) is 14.2 Å². The van der Waals surface area contributed by atoms with Gasteiger partial charge in [0, 0.05) is 18.8 Å². The van der Waals surface area contributed by atoms with Crippen LogP contribution < -0.4 is 0 Å². The summed E-state index contributed by atoms with van der Waals surface area (Å²) in [5, 5.41) is 0. The molecule has 0 aromatic carbocycles. The summed E-state index contributed by atoms with van der Waals surface area (Å²) in [6, 6.07) is 1.91. The van der Waals surface area contributed by atoms with E-state index in [2.05, 4.69) is 61.9 Å². The predicted molar refractivity (Wildman–Crippen MR) is 106 cm³/mol. The van der Waals surface area contributed by atoms with Gasteiger partial charge >= 0.3 is 0 Å². The average Bonchev–Trinajstić information content (AvgIpc) is 2.95. The molecule has 1 saturated carbocycles. The zero-order valence-corrected chi connectivity index (χ0v) is 18.0. The first-order valence-electron chi connectivity index (χ1n) is 9.77. The molecule has 7 heteroatoms. The number of nitrogens with zero attached hydrogens (tertiary/aromatic N) is 3. The molecule has 1 aliphatic rings. The number of Topliss-reactive ketones (excluding diaryl/α,β-unsaturated/α-hetero) is 1. The van der Waals surface area contributed by atoms with E-state index in [1.165, 1.54) is 6.20 Å². The van der Waals surface area contributed by atoms with E-state index < -0.39 is 20.1 Å². The van der Waals surface area contributed by atoms with Crippen molar-refractivity contribution in [3.05, 3.63) is 24.2 Å². The SMILES string of the molecule is CC(C)[Si](C(C)C)(C(C)C)n1ccc2nc(C(=O)C3CC(F)(F)C3)cnc21. The second-order valence-corrected chi connectivity index (χ2v) is 14.5. The molecule has 0 amide bonds. The van der Waals surface area contributed by atoms with E-state index in [0.29, 0.717) is 22.1 Å². The summed E-state index contributed by atoms with van der Waals surface area (Å²) in [6.45, 7) is 13.7. The molecule has 0 atom stereocenters. The maximum Gasteiger partial charge on any atom is 0.249 e. The Morgan fingerprint density at radius 2 is 1.70 bits per heavy atom. The number of halogens is 2. The van der Waals surface area contributed by atoms with Crippen molar-refractivity contribution >= 4 is 25.2 Å². The third kappa shape index (κ3) is 3.13. The van der Waals surface area contributed by atoms with Crippen LogP contribution in [0.2, 0.25) is 16.6 Å². The van der Waals surface area contributed by atoms with E-state index >= 15 is 0 Å². The van der Waals surface area contributed by atoms with Gasteiger partial charge in [0.05, 0.1) is 6.20 Å². The van der Waals surface area contributed by atoms with Gasteiger partial charge in [0.2, 0.25) is 5.92 Å². The summed E-state index contributed by atoms with van der Waals surface area (Å²) in [5.41, 5.74) is 3.20. The quantitative estimate of drug-likeness (QED) is 0.468. The van der Waals surface area contributed by atoms with Crippen LogP contribution >= 0.6 is 0 Å². The second-order valence-electron chi connectivity index (χ2n) is 8.83. The largest absolute Gasteiger partial charge is 0.357 e. The molecule has 0 spiro atoms. The van der Waals surface area contributed by atoms with Crippen molar-refractivity contribution in [2.45, 2.75) is 76.9 Å². The molecule has 4 nitrogen and oxygen atoms in total. The minimum Gasteiger partial charge on any atom is -0.357 e. The van der Waals surface area contributed by atoms with E-state index in [9.17, 15) is 13.6 Å². The third-order valence-electron chi connectivity index (χ3n) is 6.29. The van der Waals surface area contributed by atoms with Gasteiger partial charge in [-0.15, -0.1) is 0 Å². The van der Waals surface area contributed by atoms with Gasteiger partial charge in [0.25, 0.3) is 0 Å². The van der Waals surface area contributed by atoms with Crippen LogP contribution in [0.3, 0.4) is 0 Å². The van der Waals surface area contributed by atoms with E-state index in [1.54, 1.807) is 0 Å². The van der Waals surface area contributed by atoms with Gasteiger partial charge in [-0.2, -0.15) is 0 Å². The number of carbonyl (C=O) groups excluding carboxylic acids is 1. The number of alkyl halides is 2. The fourth-order valence-corrected chi connectivity index (χ4v) is 11.8. The standard InChI is InChI=1S/C20H29F2N3OSi/c1-12(2)27(13(3)4,14(5)6)25-8-7-16-19(25)23-11-17(24-16)18(26)15-9-20(21,22)10-15/h7-8,11-15H,9-10H2,1-6H3. The van der Waals surface area contributed by atoms with Crippen LogP contribution in [0.5, 0.6) is 0 Å². The minimum atomic E-state index is -2.71. The van der Waals surface area contributed by atoms with E-state index in [4.69, 9.17) is 0 Å². The number of aromatic nitrogens is 3. The van der Waals surface area contributed by atoms with Gasteiger partial charge in [-0.3, -0.25) is 4.79 Å². The molecule has 0 unspecified atom stereocenters. The lowest BCUT2D eigenvalue weighted by atomic mass is 9.78. The molecule has 148 valence electrons. The molecule has 3 rings (SSSR count). The highest BCUT2D eigenvalue weighted by Gasteiger charge is 2.49. The highest BCUT2D eigenvalue weighted by Crippen LogP contribution is 2.45. The Morgan fingerprint density at radius 1 is 1.15 bits per heavy atom. The number of hydrogen-bond acceptors (Lipinski definition) is 3. The maximum atomic E-state index is 13.1. The molecule has 2 heterocycles. The fourth-order valence-electron chi connectivity index (χ4n) is 5.23. The Morgan fingerprint density at radius 3 is 2.19 bits per heavy atom. The van der Waals surface area contributed by atoms with Crippen molar-refractivity contribution in [1.29, 1.82) is 0 Å². The lowest BCUT2D eigenvalue weighted by molar-refractivity contribution is -0.0983. The van der Waals surface area contributed by atoms with Crippen molar-refractivity contribution < 1.29 is 13.6 Å². The van der Waals surface area contributed by atoms with Crippen LogP contribution in [0.15, 0.2) is 18.5 Å². The van der Waals surface area contributed by atoms with Crippen LogP contribution in [0.25, 0.3) is 11.2 Å². The smallest absolute Gasteiger partial charge is 0.249 e. The zero-order chi connectivity index (χ0) is 20.1. The molecule has 0 radical (unpaired) electrons. The lowest BCUT2D eigenvalue weighted by Gasteiger charge is -2.44. The molecule has 2 aromatic rings. The Kier molecular flexibility index (Phi) is 5.03. The molecule has 1 fully saturated rings. The minimum absolute atomic E-state index is 0.201. The Labute approximate surface area is 160 Å². The topological polar surface area (TPSA) is 47.8 Å². The van der Waals surface area contributed by atoms with Crippen LogP contribution in [0.1, 0.15) is 64.9 Å². The highest BCUT2D eigenvalue weighted by atomic mass is 28.3.